The molecule has 0 bridgehead atoms. The summed E-state index contributed by atoms with van der Waals surface area (Å²) in [6, 6.07) is 0.485. The second kappa shape index (κ2) is 5.61. The molecule has 0 spiro atoms. The summed E-state index contributed by atoms with van der Waals surface area (Å²) in [5.41, 5.74) is 0. The zero-order valence-corrected chi connectivity index (χ0v) is 9.72. The molecular formula is C10H19NO2S. The van der Waals surface area contributed by atoms with Gasteiger partial charge in [-0.1, -0.05) is 13.8 Å². The minimum Gasteiger partial charge on any atom is -0.480 e. The smallest absolute Gasteiger partial charge is 0.317 e. The van der Waals surface area contributed by atoms with Crippen LogP contribution in [0.3, 0.4) is 0 Å². The van der Waals surface area contributed by atoms with Crippen molar-refractivity contribution in [2.24, 2.45) is 5.92 Å². The summed E-state index contributed by atoms with van der Waals surface area (Å²) >= 11 is 1.93. The van der Waals surface area contributed by atoms with E-state index in [2.05, 4.69) is 18.7 Å². The molecule has 0 amide bonds. The van der Waals surface area contributed by atoms with Gasteiger partial charge in [-0.3, -0.25) is 9.69 Å². The molecule has 0 aromatic heterocycles. The molecule has 1 fully saturated rings. The fourth-order valence-electron chi connectivity index (χ4n) is 1.80. The number of aliphatic carboxylic acids is 1. The first-order valence-corrected chi connectivity index (χ1v) is 6.28. The first kappa shape index (κ1) is 11.9. The van der Waals surface area contributed by atoms with Crippen LogP contribution in [0.1, 0.15) is 20.3 Å². The van der Waals surface area contributed by atoms with E-state index < -0.39 is 5.97 Å². The first-order chi connectivity index (χ1) is 6.59. The maximum absolute atomic E-state index is 10.7. The molecule has 0 radical (unpaired) electrons. The van der Waals surface area contributed by atoms with E-state index in [1.54, 1.807) is 0 Å². The molecule has 82 valence electrons. The number of nitrogens with zero attached hydrogens (tertiary/aromatic N) is 1. The molecule has 4 heteroatoms. The minimum atomic E-state index is -0.706. The molecule has 1 rings (SSSR count). The standard InChI is InChI=1S/C10H19NO2S/c1-8(2)5-11(6-10(12)13)9-3-4-14-7-9/h8-9H,3-7H2,1-2H3,(H,12,13). The normalized spacial score (nSPS) is 22.1. The van der Waals surface area contributed by atoms with Crippen LogP contribution >= 0.6 is 11.8 Å². The number of rotatable bonds is 5. The van der Waals surface area contributed by atoms with Gasteiger partial charge in [0.2, 0.25) is 0 Å². The summed E-state index contributed by atoms with van der Waals surface area (Å²) in [6.45, 7) is 5.37. The summed E-state index contributed by atoms with van der Waals surface area (Å²) in [7, 11) is 0. The van der Waals surface area contributed by atoms with Crippen molar-refractivity contribution in [3.63, 3.8) is 0 Å². The lowest BCUT2D eigenvalue weighted by molar-refractivity contribution is -0.138. The number of thioether (sulfide) groups is 1. The SMILES string of the molecule is CC(C)CN(CC(=O)O)C1CCSC1. The maximum atomic E-state index is 10.7. The Balaban J connectivity index is 2.46. The van der Waals surface area contributed by atoms with Gasteiger partial charge >= 0.3 is 5.97 Å². The lowest BCUT2D eigenvalue weighted by atomic mass is 10.1. The molecule has 1 N–H and O–H groups in total. The van der Waals surface area contributed by atoms with Gasteiger partial charge in [-0.25, -0.2) is 0 Å². The second-order valence-corrected chi connectivity index (χ2v) is 5.38. The summed E-state index contributed by atoms with van der Waals surface area (Å²) in [6.07, 6.45) is 1.14. The van der Waals surface area contributed by atoms with E-state index in [1.165, 1.54) is 5.75 Å². The van der Waals surface area contributed by atoms with E-state index in [0.29, 0.717) is 12.0 Å². The fraction of sp³-hybridized carbons (Fsp3) is 0.900. The summed E-state index contributed by atoms with van der Waals surface area (Å²) in [5.74, 6) is 2.11. The molecular weight excluding hydrogens is 198 g/mol. The van der Waals surface area contributed by atoms with Gasteiger partial charge in [0.15, 0.2) is 0 Å². The third-order valence-corrected chi connectivity index (χ3v) is 3.50. The van der Waals surface area contributed by atoms with Crippen molar-refractivity contribution in [3.05, 3.63) is 0 Å². The Morgan fingerprint density at radius 1 is 1.64 bits per heavy atom. The van der Waals surface area contributed by atoms with E-state index in [0.717, 1.165) is 18.7 Å². The van der Waals surface area contributed by atoms with Crippen LogP contribution in [-0.4, -0.2) is 46.6 Å². The Labute approximate surface area is 89.9 Å². The van der Waals surface area contributed by atoms with Crippen LogP contribution in [-0.2, 0) is 4.79 Å². The Bertz CT molecular complexity index is 191. The van der Waals surface area contributed by atoms with E-state index in [4.69, 9.17) is 5.11 Å². The average Bonchev–Trinajstić information content (AvgIpc) is 2.52. The van der Waals surface area contributed by atoms with Crippen LogP contribution < -0.4 is 0 Å². The van der Waals surface area contributed by atoms with Gasteiger partial charge in [0, 0.05) is 18.3 Å². The minimum absolute atomic E-state index is 0.198. The van der Waals surface area contributed by atoms with E-state index in [1.807, 2.05) is 11.8 Å². The Morgan fingerprint density at radius 3 is 2.79 bits per heavy atom. The van der Waals surface area contributed by atoms with Crippen LogP contribution in [0.5, 0.6) is 0 Å². The van der Waals surface area contributed by atoms with Gasteiger partial charge in [0.1, 0.15) is 0 Å². The highest BCUT2D eigenvalue weighted by atomic mass is 32.2. The maximum Gasteiger partial charge on any atom is 0.317 e. The zero-order chi connectivity index (χ0) is 10.6. The van der Waals surface area contributed by atoms with Crippen molar-refractivity contribution >= 4 is 17.7 Å². The molecule has 1 unspecified atom stereocenters. The predicted octanol–water partition coefficient (Wildman–Crippen LogP) is 1.53. The summed E-state index contributed by atoms with van der Waals surface area (Å²) < 4.78 is 0. The monoisotopic (exact) mass is 217 g/mol. The third-order valence-electron chi connectivity index (χ3n) is 2.36. The molecule has 0 aromatic carbocycles. The molecule has 1 aliphatic rings. The van der Waals surface area contributed by atoms with E-state index in [9.17, 15) is 4.79 Å². The van der Waals surface area contributed by atoms with Gasteiger partial charge < -0.3 is 5.11 Å². The molecule has 0 aliphatic carbocycles. The number of carbonyl (C=O) groups is 1. The molecule has 1 saturated heterocycles. The molecule has 0 saturated carbocycles. The van der Waals surface area contributed by atoms with Crippen LogP contribution in [0, 0.1) is 5.92 Å². The number of hydrogen-bond acceptors (Lipinski definition) is 3. The lowest BCUT2D eigenvalue weighted by Gasteiger charge is -2.28. The van der Waals surface area contributed by atoms with Crippen molar-refractivity contribution < 1.29 is 9.90 Å². The molecule has 1 atom stereocenters. The fourth-order valence-corrected chi connectivity index (χ4v) is 3.05. The highest BCUT2D eigenvalue weighted by molar-refractivity contribution is 7.99. The highest BCUT2D eigenvalue weighted by Gasteiger charge is 2.24. The van der Waals surface area contributed by atoms with Crippen LogP contribution in [0.4, 0.5) is 0 Å². The van der Waals surface area contributed by atoms with Gasteiger partial charge in [0.05, 0.1) is 6.54 Å². The van der Waals surface area contributed by atoms with Gasteiger partial charge in [-0.05, 0) is 18.1 Å². The van der Waals surface area contributed by atoms with Crippen LogP contribution in [0.15, 0.2) is 0 Å². The molecule has 1 aliphatic heterocycles. The van der Waals surface area contributed by atoms with Gasteiger partial charge in [-0.15, -0.1) is 0 Å². The second-order valence-electron chi connectivity index (χ2n) is 4.23. The van der Waals surface area contributed by atoms with Gasteiger partial charge in [0.25, 0.3) is 0 Å². The Hall–Kier alpha value is -0.220. The zero-order valence-electron chi connectivity index (χ0n) is 8.90. The number of hydrogen-bond donors (Lipinski definition) is 1. The van der Waals surface area contributed by atoms with Crippen molar-refractivity contribution in [1.82, 2.24) is 4.90 Å². The predicted molar refractivity (Wildman–Crippen MR) is 59.8 cm³/mol. The average molecular weight is 217 g/mol. The Morgan fingerprint density at radius 2 is 2.36 bits per heavy atom. The van der Waals surface area contributed by atoms with E-state index in [-0.39, 0.29) is 6.54 Å². The highest BCUT2D eigenvalue weighted by Crippen LogP contribution is 2.22. The first-order valence-electron chi connectivity index (χ1n) is 5.13. The number of carboxylic acids is 1. The third kappa shape index (κ3) is 3.88. The Kier molecular flexibility index (Phi) is 4.75. The molecule has 0 aromatic rings. The topological polar surface area (TPSA) is 40.5 Å². The van der Waals surface area contributed by atoms with Crippen LogP contribution in [0.25, 0.3) is 0 Å². The summed E-state index contributed by atoms with van der Waals surface area (Å²) in [4.78, 5) is 12.8. The summed E-state index contributed by atoms with van der Waals surface area (Å²) in [5, 5.41) is 8.81. The molecule has 14 heavy (non-hydrogen) atoms. The van der Waals surface area contributed by atoms with Crippen molar-refractivity contribution in [2.45, 2.75) is 26.3 Å². The quantitative estimate of drug-likeness (QED) is 0.758. The van der Waals surface area contributed by atoms with Gasteiger partial charge in [-0.2, -0.15) is 11.8 Å². The van der Waals surface area contributed by atoms with E-state index >= 15 is 0 Å². The van der Waals surface area contributed by atoms with Crippen molar-refractivity contribution in [3.8, 4) is 0 Å². The lowest BCUT2D eigenvalue weighted by Crippen LogP contribution is -2.41. The van der Waals surface area contributed by atoms with Crippen molar-refractivity contribution in [1.29, 1.82) is 0 Å². The van der Waals surface area contributed by atoms with Crippen LogP contribution in [0.2, 0.25) is 0 Å². The van der Waals surface area contributed by atoms with Crippen molar-refractivity contribution in [2.75, 3.05) is 24.6 Å². The number of carboxylic acid groups (broad SMARTS) is 1. The largest absolute Gasteiger partial charge is 0.480 e. The molecule has 1 heterocycles. The molecule has 3 nitrogen and oxygen atoms in total.